The molecule has 0 spiro atoms. The quantitative estimate of drug-likeness (QED) is 0.0985. The maximum Gasteiger partial charge on any atom is 0.425 e. The van der Waals surface area contributed by atoms with Crippen molar-refractivity contribution in [2.45, 2.75) is 113 Å². The first-order valence-electron chi connectivity index (χ1n) is 15.8. The SMILES string of the molecule is CCOC(=O)C(=O)Cc1nc(NC(=O)OC(C)(C)C)c(C)cc1[N+](=O)[O-].Cc1cc([N+](=O)[O-])c(C)nc1N(C(=O)OC(C)(C)C)C(=O)OC(C)(C)C. The van der Waals surface area contributed by atoms with E-state index in [4.69, 9.17) is 14.2 Å². The third-order valence-electron chi connectivity index (χ3n) is 5.83. The molecule has 0 atom stereocenters. The number of carbonyl (C=O) groups is 5. The maximum absolute atomic E-state index is 12.6. The van der Waals surface area contributed by atoms with Crippen molar-refractivity contribution in [3.05, 3.63) is 54.9 Å². The molecule has 3 amide bonds. The van der Waals surface area contributed by atoms with E-state index in [0.717, 1.165) is 6.07 Å². The van der Waals surface area contributed by atoms with Gasteiger partial charge < -0.3 is 18.9 Å². The van der Waals surface area contributed by atoms with Crippen LogP contribution in [0.15, 0.2) is 12.1 Å². The average Bonchev–Trinajstić information content (AvgIpc) is 2.93. The molecule has 0 radical (unpaired) electrons. The van der Waals surface area contributed by atoms with E-state index in [1.807, 2.05) is 0 Å². The Labute approximate surface area is 300 Å². The number of nitro groups is 2. The van der Waals surface area contributed by atoms with Crippen molar-refractivity contribution >= 4 is 53.0 Å². The van der Waals surface area contributed by atoms with Crippen LogP contribution in [0.25, 0.3) is 0 Å². The Kier molecular flexibility index (Phi) is 14.9. The van der Waals surface area contributed by atoms with E-state index < -0.39 is 68.8 Å². The Hall–Kier alpha value is -5.75. The van der Waals surface area contributed by atoms with Crippen molar-refractivity contribution in [2.24, 2.45) is 0 Å². The zero-order valence-electron chi connectivity index (χ0n) is 31.6. The van der Waals surface area contributed by atoms with Crippen molar-refractivity contribution in [3.63, 3.8) is 0 Å². The Morgan fingerprint density at radius 1 is 0.750 bits per heavy atom. The Morgan fingerprint density at radius 2 is 1.21 bits per heavy atom. The molecule has 0 aliphatic rings. The monoisotopic (exact) mass is 734 g/mol. The first-order chi connectivity index (χ1) is 23.6. The molecule has 19 heteroatoms. The van der Waals surface area contributed by atoms with Crippen LogP contribution < -0.4 is 10.2 Å². The number of carbonyl (C=O) groups excluding carboxylic acids is 5. The molecule has 2 aromatic heterocycles. The Balaban J connectivity index is 0.000000520. The predicted octanol–water partition coefficient (Wildman–Crippen LogP) is 6.60. The highest BCUT2D eigenvalue weighted by Gasteiger charge is 2.35. The summed E-state index contributed by atoms with van der Waals surface area (Å²) in [5.74, 6) is -2.16. The molecule has 0 fully saturated rings. The minimum atomic E-state index is -1.11. The van der Waals surface area contributed by atoms with Gasteiger partial charge in [-0.25, -0.2) is 29.1 Å². The number of hydrogen-bond donors (Lipinski definition) is 1. The number of Topliss-reactive ketones (excluding diaryl/α,β-unsaturated/α-hetero) is 1. The number of hydrogen-bond acceptors (Lipinski definition) is 15. The third kappa shape index (κ3) is 14.2. The van der Waals surface area contributed by atoms with Crippen LogP contribution in [0.4, 0.5) is 37.4 Å². The number of aromatic nitrogens is 2. The zero-order chi connectivity index (χ0) is 40.5. The number of pyridine rings is 2. The molecule has 19 nitrogen and oxygen atoms in total. The first-order valence-corrected chi connectivity index (χ1v) is 15.8. The van der Waals surface area contributed by atoms with E-state index in [9.17, 15) is 44.2 Å². The maximum atomic E-state index is 12.6. The second-order valence-corrected chi connectivity index (χ2v) is 14.1. The van der Waals surface area contributed by atoms with Gasteiger partial charge >= 0.3 is 24.2 Å². The van der Waals surface area contributed by atoms with Gasteiger partial charge in [-0.05, 0) is 101 Å². The summed E-state index contributed by atoms with van der Waals surface area (Å²) in [7, 11) is 0. The first kappa shape index (κ1) is 44.3. The van der Waals surface area contributed by atoms with E-state index in [-0.39, 0.29) is 40.9 Å². The van der Waals surface area contributed by atoms with Crippen molar-refractivity contribution < 1.29 is 52.8 Å². The fourth-order valence-electron chi connectivity index (χ4n) is 3.84. The largest absolute Gasteiger partial charge is 0.460 e. The Morgan fingerprint density at radius 3 is 1.63 bits per heavy atom. The molecule has 0 aromatic carbocycles. The van der Waals surface area contributed by atoms with Crippen molar-refractivity contribution in [1.29, 1.82) is 0 Å². The van der Waals surface area contributed by atoms with Gasteiger partial charge in [-0.1, -0.05) is 0 Å². The number of anilines is 2. The molecule has 2 heterocycles. The molecule has 286 valence electrons. The number of ketones is 1. The summed E-state index contributed by atoms with van der Waals surface area (Å²) in [6.45, 7) is 20.9. The second-order valence-electron chi connectivity index (χ2n) is 14.1. The highest BCUT2D eigenvalue weighted by atomic mass is 16.6. The van der Waals surface area contributed by atoms with Gasteiger partial charge in [0.25, 0.3) is 11.4 Å². The molecule has 52 heavy (non-hydrogen) atoms. The lowest BCUT2D eigenvalue weighted by atomic mass is 10.1. The van der Waals surface area contributed by atoms with Crippen LogP contribution in [-0.4, -0.2) is 73.3 Å². The predicted molar refractivity (Wildman–Crippen MR) is 186 cm³/mol. The van der Waals surface area contributed by atoms with E-state index in [2.05, 4.69) is 20.0 Å². The molecule has 2 rings (SSSR count). The smallest absolute Gasteiger partial charge is 0.425 e. The van der Waals surface area contributed by atoms with Crippen LogP contribution in [0.3, 0.4) is 0 Å². The number of rotatable bonds is 8. The van der Waals surface area contributed by atoms with Crippen LogP contribution in [0.5, 0.6) is 0 Å². The van der Waals surface area contributed by atoms with Gasteiger partial charge in [0.15, 0.2) is 5.82 Å². The summed E-state index contributed by atoms with van der Waals surface area (Å²) in [4.78, 5) is 90.0. The van der Waals surface area contributed by atoms with Gasteiger partial charge in [0.2, 0.25) is 5.78 Å². The van der Waals surface area contributed by atoms with Gasteiger partial charge in [-0.2, -0.15) is 4.90 Å². The van der Waals surface area contributed by atoms with E-state index in [1.165, 1.54) is 33.8 Å². The number of amides is 3. The van der Waals surface area contributed by atoms with Crippen LogP contribution in [0.1, 0.15) is 91.8 Å². The van der Waals surface area contributed by atoms with Gasteiger partial charge in [-0.3, -0.25) is 30.3 Å². The highest BCUT2D eigenvalue weighted by Crippen LogP contribution is 2.28. The lowest BCUT2D eigenvalue weighted by Crippen LogP contribution is -2.44. The highest BCUT2D eigenvalue weighted by molar-refractivity contribution is 6.34. The lowest BCUT2D eigenvalue weighted by Gasteiger charge is -2.28. The molecule has 0 aliphatic heterocycles. The topological polar surface area (TPSA) is 250 Å². The van der Waals surface area contributed by atoms with Gasteiger partial charge in [-0.15, -0.1) is 0 Å². The van der Waals surface area contributed by atoms with E-state index in [1.54, 1.807) is 62.3 Å². The summed E-state index contributed by atoms with van der Waals surface area (Å²) in [6.07, 6.45) is -3.38. The number of nitrogens with zero attached hydrogens (tertiary/aromatic N) is 5. The van der Waals surface area contributed by atoms with Gasteiger partial charge in [0, 0.05) is 12.1 Å². The van der Waals surface area contributed by atoms with Gasteiger partial charge in [0.05, 0.1) is 22.9 Å². The summed E-state index contributed by atoms with van der Waals surface area (Å²) in [5, 5.41) is 24.6. The number of ether oxygens (including phenoxy) is 4. The fourth-order valence-corrected chi connectivity index (χ4v) is 3.84. The van der Waals surface area contributed by atoms with Crippen molar-refractivity contribution in [3.8, 4) is 0 Å². The van der Waals surface area contributed by atoms with E-state index >= 15 is 0 Å². The standard InChI is InChI=1S/C17H25N3O6.C16H21N3O7/c1-10-9-12(20(23)24)11(2)18-13(10)19(14(21)25-16(3,4)5)15(22)26-17(6,7)8;1-6-25-14(21)12(20)8-10-11(19(23)24)7-9(2)13(17-10)18-15(22)26-16(3,4)5/h9H,1-8H3;7H,6,8H2,1-5H3,(H,17,18,22). The fraction of sp³-hybridized carbons (Fsp3) is 0.545. The lowest BCUT2D eigenvalue weighted by molar-refractivity contribution is -0.386. The minimum absolute atomic E-state index is 0.000553. The van der Waals surface area contributed by atoms with Crippen molar-refractivity contribution in [2.75, 3.05) is 16.8 Å². The summed E-state index contributed by atoms with van der Waals surface area (Å²) >= 11 is 0. The average molecular weight is 735 g/mol. The van der Waals surface area contributed by atoms with Crippen LogP contribution in [-0.2, 0) is 35.0 Å². The van der Waals surface area contributed by atoms with Crippen LogP contribution in [0, 0.1) is 41.0 Å². The number of nitrogens with one attached hydrogen (secondary N) is 1. The molecule has 2 aromatic rings. The number of aryl methyl sites for hydroxylation is 3. The normalized spacial score (nSPS) is 11.2. The minimum Gasteiger partial charge on any atom is -0.460 e. The summed E-state index contributed by atoms with van der Waals surface area (Å²) < 4.78 is 20.2. The molecule has 0 saturated heterocycles. The zero-order valence-corrected chi connectivity index (χ0v) is 31.6. The molecular weight excluding hydrogens is 688 g/mol. The third-order valence-corrected chi connectivity index (χ3v) is 5.83. The molecular formula is C33H46N6O13. The molecule has 0 bridgehead atoms. The molecule has 0 unspecified atom stereocenters. The van der Waals surface area contributed by atoms with E-state index in [0.29, 0.717) is 10.5 Å². The van der Waals surface area contributed by atoms with Gasteiger partial charge in [0.1, 0.15) is 34.0 Å². The summed E-state index contributed by atoms with van der Waals surface area (Å²) in [5.41, 5.74) is -2.75. The van der Waals surface area contributed by atoms with Crippen LogP contribution >= 0.6 is 0 Å². The number of esters is 1. The molecule has 0 saturated carbocycles. The second kappa shape index (κ2) is 17.5. The Bertz CT molecular complexity index is 1690. The molecule has 0 aliphatic carbocycles. The molecule has 1 N–H and O–H groups in total. The van der Waals surface area contributed by atoms with Crippen LogP contribution in [0.2, 0.25) is 0 Å². The summed E-state index contributed by atoms with van der Waals surface area (Å²) in [6, 6.07) is 2.41. The van der Waals surface area contributed by atoms with Crippen molar-refractivity contribution in [1.82, 2.24) is 9.97 Å². The number of imide groups is 1.